The molecule has 0 atom stereocenters. The van der Waals surface area contributed by atoms with E-state index in [9.17, 15) is 23.2 Å². The van der Waals surface area contributed by atoms with Crippen molar-refractivity contribution >= 4 is 35.0 Å². The number of rotatable bonds is 8. The highest BCUT2D eigenvalue weighted by Gasteiger charge is 2.36. The van der Waals surface area contributed by atoms with E-state index in [1.54, 1.807) is 11.0 Å². The number of nitrogens with zero attached hydrogens (tertiary/aromatic N) is 4. The summed E-state index contributed by atoms with van der Waals surface area (Å²) >= 11 is 6.45. The average molecular weight is 615 g/mol. The second-order valence-corrected chi connectivity index (χ2v) is 11.3. The lowest BCUT2D eigenvalue weighted by atomic mass is 9.90. The first-order chi connectivity index (χ1) is 20.6. The molecule has 2 aliphatic rings. The van der Waals surface area contributed by atoms with E-state index in [1.807, 2.05) is 4.90 Å². The zero-order valence-corrected chi connectivity index (χ0v) is 24.7. The van der Waals surface area contributed by atoms with Crippen LogP contribution in [0.3, 0.4) is 0 Å². The number of anilines is 1. The van der Waals surface area contributed by atoms with E-state index in [2.05, 4.69) is 10.3 Å². The molecule has 1 aromatic heterocycles. The SMILES string of the molecule is COc1ccc(-c2cnc(C(=O)Nc3ccc(C(=O)N4CCC(C(=O)N5CC(CCN)C5)CC4)c(Cl)c3)n2C)c(F)c1F. The van der Waals surface area contributed by atoms with Gasteiger partial charge in [0.05, 0.1) is 29.6 Å². The lowest BCUT2D eigenvalue weighted by Gasteiger charge is -2.42. The summed E-state index contributed by atoms with van der Waals surface area (Å²) < 4.78 is 35.0. The first-order valence-corrected chi connectivity index (χ1v) is 14.4. The van der Waals surface area contributed by atoms with Crippen LogP contribution in [-0.2, 0) is 11.8 Å². The maximum atomic E-state index is 14.6. The van der Waals surface area contributed by atoms with Crippen LogP contribution in [0.1, 0.15) is 40.2 Å². The zero-order valence-electron chi connectivity index (χ0n) is 23.9. The van der Waals surface area contributed by atoms with Gasteiger partial charge in [0, 0.05) is 50.4 Å². The molecular weight excluding hydrogens is 582 g/mol. The van der Waals surface area contributed by atoms with E-state index < -0.39 is 17.5 Å². The van der Waals surface area contributed by atoms with Crippen molar-refractivity contribution in [2.45, 2.75) is 19.3 Å². The number of carbonyl (C=O) groups excluding carboxylic acids is 3. The van der Waals surface area contributed by atoms with E-state index in [0.29, 0.717) is 44.1 Å². The predicted octanol–water partition coefficient (Wildman–Crippen LogP) is 3.94. The third-order valence-corrected chi connectivity index (χ3v) is 8.48. The van der Waals surface area contributed by atoms with Crippen LogP contribution in [-0.4, -0.2) is 76.9 Å². The number of ether oxygens (including phenoxy) is 1. The van der Waals surface area contributed by atoms with Gasteiger partial charge < -0.3 is 30.2 Å². The molecule has 0 aliphatic carbocycles. The topological polar surface area (TPSA) is 123 Å². The van der Waals surface area contributed by atoms with Crippen LogP contribution in [0.4, 0.5) is 14.5 Å². The van der Waals surface area contributed by atoms with Crippen LogP contribution in [0, 0.1) is 23.5 Å². The lowest BCUT2D eigenvalue weighted by molar-refractivity contribution is -0.143. The quantitative estimate of drug-likeness (QED) is 0.396. The van der Waals surface area contributed by atoms with Gasteiger partial charge in [0.25, 0.3) is 11.8 Å². The molecule has 3 N–H and O–H groups in total. The normalized spacial score (nSPS) is 15.8. The van der Waals surface area contributed by atoms with Gasteiger partial charge in [-0.05, 0) is 62.1 Å². The van der Waals surface area contributed by atoms with Crippen molar-refractivity contribution in [2.75, 3.05) is 45.2 Å². The van der Waals surface area contributed by atoms with E-state index in [-0.39, 0.29) is 51.1 Å². The number of imidazole rings is 1. The summed E-state index contributed by atoms with van der Waals surface area (Å²) in [5.74, 6) is -2.86. The molecule has 0 radical (unpaired) electrons. The summed E-state index contributed by atoms with van der Waals surface area (Å²) in [7, 11) is 2.74. The van der Waals surface area contributed by atoms with Gasteiger partial charge in [-0.15, -0.1) is 0 Å². The second kappa shape index (κ2) is 12.7. The van der Waals surface area contributed by atoms with Crippen molar-refractivity contribution in [3.63, 3.8) is 0 Å². The number of nitrogens with one attached hydrogen (secondary N) is 1. The minimum Gasteiger partial charge on any atom is -0.494 e. The Hall–Kier alpha value is -4.03. The van der Waals surface area contributed by atoms with Crippen molar-refractivity contribution < 1.29 is 27.9 Å². The largest absolute Gasteiger partial charge is 0.494 e. The van der Waals surface area contributed by atoms with Gasteiger partial charge in [0.15, 0.2) is 17.4 Å². The number of likely N-dealkylation sites (tertiary alicyclic amines) is 2. The fraction of sp³-hybridized carbons (Fsp3) is 0.400. The van der Waals surface area contributed by atoms with Gasteiger partial charge in [-0.1, -0.05) is 11.6 Å². The van der Waals surface area contributed by atoms with Crippen LogP contribution in [0.5, 0.6) is 5.75 Å². The average Bonchev–Trinajstić information content (AvgIpc) is 3.36. The van der Waals surface area contributed by atoms with Crippen molar-refractivity contribution in [3.8, 4) is 17.0 Å². The van der Waals surface area contributed by atoms with Gasteiger partial charge in [-0.3, -0.25) is 14.4 Å². The van der Waals surface area contributed by atoms with E-state index >= 15 is 0 Å². The van der Waals surface area contributed by atoms with E-state index in [1.165, 1.54) is 49.2 Å². The molecule has 228 valence electrons. The minimum atomic E-state index is -1.14. The number of hydrogen-bond acceptors (Lipinski definition) is 6. The van der Waals surface area contributed by atoms with Crippen molar-refractivity contribution in [3.05, 3.63) is 64.6 Å². The molecule has 13 heteroatoms. The number of methoxy groups -OCH3 is 1. The number of halogens is 3. The summed E-state index contributed by atoms with van der Waals surface area (Å²) in [5, 5.41) is 2.83. The highest BCUT2D eigenvalue weighted by atomic mass is 35.5. The zero-order chi connectivity index (χ0) is 30.8. The Morgan fingerprint density at radius 2 is 1.81 bits per heavy atom. The van der Waals surface area contributed by atoms with Crippen molar-refractivity contribution in [1.82, 2.24) is 19.4 Å². The Kier molecular flexibility index (Phi) is 8.97. The third kappa shape index (κ3) is 6.07. The Bertz CT molecular complexity index is 1550. The highest BCUT2D eigenvalue weighted by molar-refractivity contribution is 6.34. The van der Waals surface area contributed by atoms with Crippen molar-refractivity contribution in [1.29, 1.82) is 0 Å². The fourth-order valence-electron chi connectivity index (χ4n) is 5.64. The first-order valence-electron chi connectivity index (χ1n) is 14.1. The molecule has 3 amide bonds. The molecule has 5 rings (SSSR count). The maximum Gasteiger partial charge on any atom is 0.291 e. The summed E-state index contributed by atoms with van der Waals surface area (Å²) in [5.41, 5.74) is 6.32. The van der Waals surface area contributed by atoms with Crippen LogP contribution >= 0.6 is 11.6 Å². The molecule has 0 saturated carbocycles. The number of benzene rings is 2. The summed E-state index contributed by atoms with van der Waals surface area (Å²) in [6, 6.07) is 7.19. The fourth-order valence-corrected chi connectivity index (χ4v) is 5.90. The molecular formula is C30H33ClF2N6O4. The minimum absolute atomic E-state index is 0.0487. The van der Waals surface area contributed by atoms with E-state index in [0.717, 1.165) is 19.5 Å². The van der Waals surface area contributed by atoms with Crippen LogP contribution in [0.15, 0.2) is 36.5 Å². The summed E-state index contributed by atoms with van der Waals surface area (Å²) in [6.45, 7) is 3.05. The number of hydrogen-bond donors (Lipinski definition) is 2. The Morgan fingerprint density at radius 3 is 2.47 bits per heavy atom. The Balaban J connectivity index is 1.19. The first kappa shape index (κ1) is 30.4. The molecule has 2 saturated heterocycles. The maximum absolute atomic E-state index is 14.6. The highest BCUT2D eigenvalue weighted by Crippen LogP contribution is 2.31. The Morgan fingerprint density at radius 1 is 1.09 bits per heavy atom. The molecule has 2 aromatic carbocycles. The lowest BCUT2D eigenvalue weighted by Crippen LogP contribution is -2.54. The number of amides is 3. The molecule has 0 spiro atoms. The molecule has 3 aromatic rings. The van der Waals surface area contributed by atoms with Gasteiger partial charge in [-0.25, -0.2) is 9.37 Å². The summed E-state index contributed by atoms with van der Waals surface area (Å²) in [6.07, 6.45) is 3.38. The molecule has 3 heterocycles. The van der Waals surface area contributed by atoms with E-state index in [4.69, 9.17) is 22.1 Å². The van der Waals surface area contributed by atoms with Gasteiger partial charge in [0.1, 0.15) is 0 Å². The second-order valence-electron chi connectivity index (χ2n) is 10.9. The van der Waals surface area contributed by atoms with Gasteiger partial charge >= 0.3 is 0 Å². The van der Waals surface area contributed by atoms with Crippen LogP contribution < -0.4 is 15.8 Å². The molecule has 2 aliphatic heterocycles. The summed E-state index contributed by atoms with van der Waals surface area (Å²) in [4.78, 5) is 46.6. The van der Waals surface area contributed by atoms with Gasteiger partial charge in [-0.2, -0.15) is 4.39 Å². The molecule has 0 bridgehead atoms. The number of aromatic nitrogens is 2. The number of nitrogens with two attached hydrogens (primary N) is 1. The number of piperidine rings is 1. The third-order valence-electron chi connectivity index (χ3n) is 8.17. The smallest absolute Gasteiger partial charge is 0.291 e. The number of carbonyl (C=O) groups is 3. The Labute approximate surface area is 252 Å². The molecule has 43 heavy (non-hydrogen) atoms. The molecule has 2 fully saturated rings. The van der Waals surface area contributed by atoms with Crippen LogP contribution in [0.25, 0.3) is 11.3 Å². The van der Waals surface area contributed by atoms with Crippen LogP contribution in [0.2, 0.25) is 5.02 Å². The molecule has 0 unspecified atom stereocenters. The van der Waals surface area contributed by atoms with Crippen molar-refractivity contribution in [2.24, 2.45) is 24.6 Å². The monoisotopic (exact) mass is 614 g/mol. The standard InChI is InChI=1S/C30H33ClF2N6O4/c1-37-23(21-5-6-24(43-2)26(33)25(21)32)14-35-27(37)28(40)36-19-3-4-20(22(31)13-19)30(42)38-11-8-18(9-12-38)29(41)39-15-17(16-39)7-10-34/h3-6,13-14,17-18H,7-12,15-16,34H2,1-2H3,(H,36,40). The predicted molar refractivity (Wildman–Crippen MR) is 157 cm³/mol. The molecule has 10 nitrogen and oxygen atoms in total. The van der Waals surface area contributed by atoms with Gasteiger partial charge in [0.2, 0.25) is 11.7 Å².